The maximum Gasteiger partial charge on any atom is 0.418 e. The molecule has 0 saturated heterocycles. The van der Waals surface area contributed by atoms with E-state index in [0.717, 1.165) is 18.2 Å². The molecule has 1 rings (SSSR count). The molecule has 1 unspecified atom stereocenters. The van der Waals surface area contributed by atoms with E-state index in [0.29, 0.717) is 6.07 Å². The van der Waals surface area contributed by atoms with E-state index >= 15 is 0 Å². The van der Waals surface area contributed by atoms with E-state index in [4.69, 9.17) is 0 Å². The van der Waals surface area contributed by atoms with Gasteiger partial charge in [0, 0.05) is 18.2 Å². The van der Waals surface area contributed by atoms with Gasteiger partial charge in [0.25, 0.3) is 11.6 Å². The average molecular weight is 346 g/mol. The number of ether oxygens (including phenoxy) is 1. The van der Waals surface area contributed by atoms with Crippen LogP contribution >= 0.6 is 0 Å². The summed E-state index contributed by atoms with van der Waals surface area (Å²) in [6, 6.07) is 1.90. The molecule has 0 heterocycles. The van der Waals surface area contributed by atoms with Gasteiger partial charge in [-0.15, -0.1) is 0 Å². The van der Waals surface area contributed by atoms with Crippen LogP contribution in [-0.2, 0) is 20.5 Å². The first kappa shape index (κ1) is 19.1. The van der Waals surface area contributed by atoms with Crippen molar-refractivity contribution in [2.24, 2.45) is 0 Å². The number of non-ortho nitro benzene ring substituents is 1. The summed E-state index contributed by atoms with van der Waals surface area (Å²) in [7, 11) is 0. The Morgan fingerprint density at radius 3 is 2.50 bits per heavy atom. The van der Waals surface area contributed by atoms with Crippen LogP contribution in [-0.4, -0.2) is 22.9 Å². The number of nitrogens with zero attached hydrogens (tertiary/aromatic N) is 1. The van der Waals surface area contributed by atoms with Crippen molar-refractivity contribution in [3.05, 3.63) is 46.0 Å². The van der Waals surface area contributed by atoms with Crippen LogP contribution in [0.5, 0.6) is 0 Å². The predicted octanol–water partition coefficient (Wildman–Crippen LogP) is 3.06. The fourth-order valence-corrected chi connectivity index (χ4v) is 1.63. The molecule has 10 heteroatoms. The highest BCUT2D eigenvalue weighted by atomic mass is 19.4. The molecule has 0 aliphatic carbocycles. The van der Waals surface area contributed by atoms with Gasteiger partial charge in [-0.3, -0.25) is 14.9 Å². The number of carbonyl (C=O) groups is 2. The van der Waals surface area contributed by atoms with E-state index in [2.05, 4.69) is 4.74 Å². The molecule has 1 amide bonds. The molecule has 0 bridgehead atoms. The van der Waals surface area contributed by atoms with Crippen LogP contribution in [0, 0.1) is 10.1 Å². The van der Waals surface area contributed by atoms with Crippen molar-refractivity contribution in [3.63, 3.8) is 0 Å². The largest absolute Gasteiger partial charge is 0.449 e. The molecule has 1 aromatic rings. The molecule has 0 aliphatic rings. The quantitative estimate of drug-likeness (QED) is 0.382. The molecule has 1 atom stereocenters. The van der Waals surface area contributed by atoms with Gasteiger partial charge in [-0.25, -0.2) is 4.79 Å². The summed E-state index contributed by atoms with van der Waals surface area (Å²) in [5.41, 5.74) is -2.82. The summed E-state index contributed by atoms with van der Waals surface area (Å²) < 4.78 is 43.6. The fourth-order valence-electron chi connectivity index (χ4n) is 1.63. The van der Waals surface area contributed by atoms with E-state index in [9.17, 15) is 32.9 Å². The highest BCUT2D eigenvalue weighted by molar-refractivity contribution is 5.96. The van der Waals surface area contributed by atoms with Gasteiger partial charge in [-0.05, 0) is 19.9 Å². The molecule has 7 nitrogen and oxygen atoms in total. The van der Waals surface area contributed by atoms with Crippen molar-refractivity contribution < 1.29 is 32.4 Å². The molecule has 0 aliphatic heterocycles. The maximum absolute atomic E-state index is 13.0. The lowest BCUT2D eigenvalue weighted by Crippen LogP contribution is -2.30. The Morgan fingerprint density at radius 1 is 1.38 bits per heavy atom. The highest BCUT2D eigenvalue weighted by Gasteiger charge is 2.36. The maximum atomic E-state index is 13.0. The second kappa shape index (κ2) is 7.57. The molecule has 0 spiro atoms. The number of halogens is 3. The molecule has 0 fully saturated rings. The lowest BCUT2D eigenvalue weighted by atomic mass is 10.1. The smallest absolute Gasteiger partial charge is 0.418 e. The van der Waals surface area contributed by atoms with Crippen LogP contribution in [0.25, 0.3) is 0 Å². The Bertz CT molecular complexity index is 685. The van der Waals surface area contributed by atoms with E-state index in [1.807, 2.05) is 5.32 Å². The third kappa shape index (κ3) is 5.07. The van der Waals surface area contributed by atoms with Gasteiger partial charge in [0.15, 0.2) is 6.10 Å². The summed E-state index contributed by atoms with van der Waals surface area (Å²) in [5.74, 6) is -1.84. The third-order valence-electron chi connectivity index (χ3n) is 2.74. The molecule has 130 valence electrons. The number of carbonyl (C=O) groups excluding carboxylic acids is 2. The minimum absolute atomic E-state index is 0.312. The molecule has 1 N–H and O–H groups in total. The zero-order chi connectivity index (χ0) is 18.5. The van der Waals surface area contributed by atoms with E-state index in [1.54, 1.807) is 6.92 Å². The number of allylic oxidation sites excluding steroid dienone is 1. The van der Waals surface area contributed by atoms with Gasteiger partial charge < -0.3 is 10.1 Å². The van der Waals surface area contributed by atoms with Crippen LogP contribution in [0.15, 0.2) is 30.4 Å². The number of rotatable bonds is 5. The van der Waals surface area contributed by atoms with Crippen LogP contribution in [0.3, 0.4) is 0 Å². The van der Waals surface area contributed by atoms with Crippen LogP contribution < -0.4 is 5.32 Å². The molecular weight excluding hydrogens is 333 g/mol. The van der Waals surface area contributed by atoms with E-state index in [-0.39, 0.29) is 0 Å². The minimum atomic E-state index is -4.92. The van der Waals surface area contributed by atoms with E-state index in [1.165, 1.54) is 13.0 Å². The Labute approximate surface area is 134 Å². The van der Waals surface area contributed by atoms with Crippen molar-refractivity contribution in [1.82, 2.24) is 0 Å². The number of alkyl halides is 3. The summed E-state index contributed by atoms with van der Waals surface area (Å²) in [6.07, 6.45) is -3.87. The van der Waals surface area contributed by atoms with Gasteiger partial charge in [-0.2, -0.15) is 13.2 Å². The number of benzene rings is 1. The number of hydrogen-bond donors (Lipinski definition) is 1. The summed E-state index contributed by atoms with van der Waals surface area (Å²) in [4.78, 5) is 32.7. The van der Waals surface area contributed by atoms with Crippen LogP contribution in [0.4, 0.5) is 24.5 Å². The van der Waals surface area contributed by atoms with Gasteiger partial charge in [0.05, 0.1) is 16.2 Å². The van der Waals surface area contributed by atoms with Gasteiger partial charge in [0.1, 0.15) is 0 Å². The van der Waals surface area contributed by atoms with Crippen LogP contribution in [0.1, 0.15) is 19.4 Å². The second-order valence-electron chi connectivity index (χ2n) is 4.55. The normalized spacial score (nSPS) is 12.7. The molecule has 0 radical (unpaired) electrons. The van der Waals surface area contributed by atoms with Crippen molar-refractivity contribution in [2.45, 2.75) is 26.1 Å². The monoisotopic (exact) mass is 346 g/mol. The minimum Gasteiger partial charge on any atom is -0.449 e. The van der Waals surface area contributed by atoms with E-state index < -0.39 is 46.0 Å². The molecular formula is C14H13F3N2O5. The van der Waals surface area contributed by atoms with Crippen molar-refractivity contribution in [2.75, 3.05) is 5.32 Å². The first-order valence-corrected chi connectivity index (χ1v) is 6.56. The number of hydrogen-bond acceptors (Lipinski definition) is 5. The summed E-state index contributed by atoms with van der Waals surface area (Å²) in [5, 5.41) is 12.5. The van der Waals surface area contributed by atoms with Crippen molar-refractivity contribution in [3.8, 4) is 0 Å². The number of esters is 1. The Balaban J connectivity index is 3.03. The first-order chi connectivity index (χ1) is 11.1. The van der Waals surface area contributed by atoms with Gasteiger partial charge in [0.2, 0.25) is 0 Å². The first-order valence-electron chi connectivity index (χ1n) is 6.56. The standard InChI is InChI=1S/C14H13F3N2O5/c1-3-4-12(20)24-8(2)13(21)18-11-6-5-9(19(22)23)7-10(11)14(15,16)17/h3-8H,1-2H3,(H,18,21)/b4-3+. The Kier molecular flexibility index (Phi) is 6.04. The topological polar surface area (TPSA) is 98.5 Å². The molecule has 24 heavy (non-hydrogen) atoms. The number of nitro benzene ring substituents is 1. The Morgan fingerprint density at radius 2 is 2.00 bits per heavy atom. The third-order valence-corrected chi connectivity index (χ3v) is 2.74. The number of anilines is 1. The van der Waals surface area contributed by atoms with Crippen molar-refractivity contribution >= 4 is 23.3 Å². The SMILES string of the molecule is C/C=C/C(=O)OC(C)C(=O)Nc1ccc([N+](=O)[O-])cc1C(F)(F)F. The number of nitrogens with one attached hydrogen (secondary N) is 1. The average Bonchev–Trinajstić information content (AvgIpc) is 2.46. The Hall–Kier alpha value is -2.91. The zero-order valence-corrected chi connectivity index (χ0v) is 12.6. The van der Waals surface area contributed by atoms with Gasteiger partial charge >= 0.3 is 12.1 Å². The zero-order valence-electron chi connectivity index (χ0n) is 12.6. The lowest BCUT2D eigenvalue weighted by molar-refractivity contribution is -0.385. The van der Waals surface area contributed by atoms with Crippen LogP contribution in [0.2, 0.25) is 0 Å². The van der Waals surface area contributed by atoms with Gasteiger partial charge in [-0.1, -0.05) is 6.08 Å². The van der Waals surface area contributed by atoms with Crippen molar-refractivity contribution in [1.29, 1.82) is 0 Å². The molecule has 0 aromatic heterocycles. The second-order valence-corrected chi connectivity index (χ2v) is 4.55. The summed E-state index contributed by atoms with van der Waals surface area (Å²) >= 11 is 0. The molecule has 1 aromatic carbocycles. The lowest BCUT2D eigenvalue weighted by Gasteiger charge is -2.16. The number of amides is 1. The molecule has 0 saturated carbocycles. The highest BCUT2D eigenvalue weighted by Crippen LogP contribution is 2.37. The number of nitro groups is 1. The fraction of sp³-hybridized carbons (Fsp3) is 0.286. The summed E-state index contributed by atoms with van der Waals surface area (Å²) in [6.45, 7) is 2.72. The predicted molar refractivity (Wildman–Crippen MR) is 77.1 cm³/mol.